The first-order chi connectivity index (χ1) is 13.7. The Morgan fingerprint density at radius 3 is 2.32 bits per heavy atom. The van der Waals surface area contributed by atoms with E-state index in [1.54, 1.807) is 0 Å². The molecule has 0 spiro atoms. The van der Waals surface area contributed by atoms with Crippen LogP contribution in [-0.2, 0) is 22.6 Å². The van der Waals surface area contributed by atoms with Gasteiger partial charge in [-0.15, -0.1) is 0 Å². The minimum atomic E-state index is -0.550. The van der Waals surface area contributed by atoms with Gasteiger partial charge in [0, 0.05) is 32.0 Å². The highest BCUT2D eigenvalue weighted by Crippen LogP contribution is 2.18. The molecule has 148 valence electrons. The molecule has 2 aromatic rings. The third-order valence-corrected chi connectivity index (χ3v) is 5.16. The first-order valence-corrected chi connectivity index (χ1v) is 9.92. The van der Waals surface area contributed by atoms with Crippen LogP contribution in [0, 0.1) is 5.92 Å². The number of piperidine rings is 1. The Hall–Kier alpha value is -2.73. The molecular weight excluding hydrogens is 352 g/mol. The second kappa shape index (κ2) is 10.6. The van der Waals surface area contributed by atoms with E-state index < -0.39 is 11.8 Å². The van der Waals surface area contributed by atoms with Crippen LogP contribution in [0.4, 0.5) is 0 Å². The summed E-state index contributed by atoms with van der Waals surface area (Å²) in [6.45, 7) is 3.97. The fraction of sp³-hybridized carbons (Fsp3) is 0.409. The molecule has 1 aromatic carbocycles. The van der Waals surface area contributed by atoms with Crippen molar-refractivity contribution in [3.05, 3.63) is 66.0 Å². The Morgan fingerprint density at radius 1 is 0.929 bits per heavy atom. The molecule has 1 aliphatic rings. The molecule has 0 bridgehead atoms. The molecule has 1 aromatic heterocycles. The van der Waals surface area contributed by atoms with Gasteiger partial charge in [-0.05, 0) is 61.5 Å². The van der Waals surface area contributed by atoms with E-state index in [2.05, 4.69) is 20.5 Å². The highest BCUT2D eigenvalue weighted by atomic mass is 16.2. The smallest absolute Gasteiger partial charge is 0.309 e. The summed E-state index contributed by atoms with van der Waals surface area (Å²) in [7, 11) is 0. The molecule has 1 saturated heterocycles. The maximum absolute atomic E-state index is 12.0. The Morgan fingerprint density at radius 2 is 1.61 bits per heavy atom. The number of carbonyl (C=O) groups is 2. The number of nitrogens with zero attached hydrogens (tertiary/aromatic N) is 2. The minimum absolute atomic E-state index is 0.426. The lowest BCUT2D eigenvalue weighted by molar-refractivity contribution is -0.139. The lowest BCUT2D eigenvalue weighted by Crippen LogP contribution is -2.44. The van der Waals surface area contributed by atoms with E-state index in [1.165, 1.54) is 5.56 Å². The van der Waals surface area contributed by atoms with Gasteiger partial charge in [0.1, 0.15) is 0 Å². The summed E-state index contributed by atoms with van der Waals surface area (Å²) in [5.74, 6) is -0.659. The Kier molecular flexibility index (Phi) is 7.55. The van der Waals surface area contributed by atoms with Crippen LogP contribution in [0.3, 0.4) is 0 Å². The highest BCUT2D eigenvalue weighted by Gasteiger charge is 2.21. The van der Waals surface area contributed by atoms with Gasteiger partial charge in [-0.2, -0.15) is 0 Å². The van der Waals surface area contributed by atoms with Crippen molar-refractivity contribution in [2.24, 2.45) is 5.92 Å². The number of benzene rings is 1. The Labute approximate surface area is 166 Å². The van der Waals surface area contributed by atoms with E-state index in [0.29, 0.717) is 19.0 Å². The molecule has 0 aliphatic carbocycles. The second-order valence-corrected chi connectivity index (χ2v) is 7.28. The van der Waals surface area contributed by atoms with Gasteiger partial charge in [0.15, 0.2) is 0 Å². The van der Waals surface area contributed by atoms with Crippen molar-refractivity contribution in [2.45, 2.75) is 25.8 Å². The number of amides is 2. The summed E-state index contributed by atoms with van der Waals surface area (Å²) in [4.78, 5) is 30.4. The molecule has 3 rings (SSSR count). The van der Waals surface area contributed by atoms with E-state index in [-0.39, 0.29) is 0 Å². The molecule has 28 heavy (non-hydrogen) atoms. The average Bonchev–Trinajstić information content (AvgIpc) is 2.74. The Balaban J connectivity index is 1.30. The van der Waals surface area contributed by atoms with E-state index in [4.69, 9.17) is 0 Å². The number of hydrogen-bond acceptors (Lipinski definition) is 4. The lowest BCUT2D eigenvalue weighted by atomic mass is 9.96. The van der Waals surface area contributed by atoms with Crippen LogP contribution in [0.2, 0.25) is 0 Å². The van der Waals surface area contributed by atoms with Crippen LogP contribution in [-0.4, -0.2) is 47.9 Å². The molecule has 1 fully saturated rings. The molecule has 0 unspecified atom stereocenters. The average molecular weight is 380 g/mol. The number of rotatable bonds is 7. The van der Waals surface area contributed by atoms with Crippen molar-refractivity contribution in [1.82, 2.24) is 20.5 Å². The fourth-order valence-corrected chi connectivity index (χ4v) is 3.46. The predicted molar refractivity (Wildman–Crippen MR) is 108 cm³/mol. The summed E-state index contributed by atoms with van der Waals surface area (Å²) in [5, 5.41) is 5.48. The lowest BCUT2D eigenvalue weighted by Gasteiger charge is -2.32. The summed E-state index contributed by atoms with van der Waals surface area (Å²) in [6, 6.07) is 14.0. The third-order valence-electron chi connectivity index (χ3n) is 5.16. The summed E-state index contributed by atoms with van der Waals surface area (Å²) in [6.07, 6.45) is 6.42. The highest BCUT2D eigenvalue weighted by molar-refractivity contribution is 6.35. The molecular formula is C22H28N4O2. The number of nitrogens with one attached hydrogen (secondary N) is 2. The monoisotopic (exact) mass is 380 g/mol. The molecule has 2 heterocycles. The van der Waals surface area contributed by atoms with Crippen LogP contribution in [0.15, 0.2) is 54.9 Å². The number of likely N-dealkylation sites (tertiary alicyclic amines) is 1. The number of hydrogen-bond donors (Lipinski definition) is 2. The van der Waals surface area contributed by atoms with Crippen molar-refractivity contribution < 1.29 is 9.59 Å². The van der Waals surface area contributed by atoms with Crippen molar-refractivity contribution in [1.29, 1.82) is 0 Å². The molecule has 6 nitrogen and oxygen atoms in total. The van der Waals surface area contributed by atoms with Crippen molar-refractivity contribution in [3.8, 4) is 0 Å². The SMILES string of the molecule is O=C(NCCc1ccccc1)C(=O)NCC1CCN(Cc2ccncc2)CC1. The predicted octanol–water partition coefficient (Wildman–Crippen LogP) is 1.77. The van der Waals surface area contributed by atoms with Gasteiger partial charge in [0.05, 0.1) is 0 Å². The van der Waals surface area contributed by atoms with Gasteiger partial charge in [-0.3, -0.25) is 19.5 Å². The maximum atomic E-state index is 12.0. The Bertz CT molecular complexity index is 744. The molecule has 0 saturated carbocycles. The van der Waals surface area contributed by atoms with Gasteiger partial charge in [-0.25, -0.2) is 0 Å². The van der Waals surface area contributed by atoms with Crippen LogP contribution < -0.4 is 10.6 Å². The molecule has 2 N–H and O–H groups in total. The summed E-state index contributed by atoms with van der Waals surface area (Å²) >= 11 is 0. The fourth-order valence-electron chi connectivity index (χ4n) is 3.46. The van der Waals surface area contributed by atoms with Crippen LogP contribution in [0.1, 0.15) is 24.0 Å². The summed E-state index contributed by atoms with van der Waals surface area (Å²) < 4.78 is 0. The van der Waals surface area contributed by atoms with Gasteiger partial charge >= 0.3 is 11.8 Å². The molecule has 1 aliphatic heterocycles. The topological polar surface area (TPSA) is 74.3 Å². The van der Waals surface area contributed by atoms with E-state index in [0.717, 1.165) is 44.5 Å². The van der Waals surface area contributed by atoms with E-state index >= 15 is 0 Å². The van der Waals surface area contributed by atoms with Crippen molar-refractivity contribution in [3.63, 3.8) is 0 Å². The van der Waals surface area contributed by atoms with Gasteiger partial charge in [0.25, 0.3) is 0 Å². The van der Waals surface area contributed by atoms with E-state index in [1.807, 2.05) is 54.9 Å². The van der Waals surface area contributed by atoms with Gasteiger partial charge in [0.2, 0.25) is 0 Å². The van der Waals surface area contributed by atoms with E-state index in [9.17, 15) is 9.59 Å². The van der Waals surface area contributed by atoms with Crippen LogP contribution in [0.5, 0.6) is 0 Å². The minimum Gasteiger partial charge on any atom is -0.348 e. The first-order valence-electron chi connectivity index (χ1n) is 9.92. The maximum Gasteiger partial charge on any atom is 0.309 e. The van der Waals surface area contributed by atoms with Gasteiger partial charge in [-0.1, -0.05) is 30.3 Å². The molecule has 6 heteroatoms. The number of pyridine rings is 1. The zero-order valence-electron chi connectivity index (χ0n) is 16.1. The third kappa shape index (κ3) is 6.46. The largest absolute Gasteiger partial charge is 0.348 e. The normalized spacial score (nSPS) is 15.1. The number of carbonyl (C=O) groups excluding carboxylic acids is 2. The quantitative estimate of drug-likeness (QED) is 0.718. The van der Waals surface area contributed by atoms with Gasteiger partial charge < -0.3 is 10.6 Å². The molecule has 2 amide bonds. The van der Waals surface area contributed by atoms with Crippen LogP contribution >= 0.6 is 0 Å². The number of aromatic nitrogens is 1. The first kappa shape index (κ1) is 20.0. The van der Waals surface area contributed by atoms with Crippen molar-refractivity contribution >= 4 is 11.8 Å². The molecule has 0 atom stereocenters. The second-order valence-electron chi connectivity index (χ2n) is 7.28. The summed E-state index contributed by atoms with van der Waals surface area (Å²) in [5.41, 5.74) is 2.41. The zero-order valence-corrected chi connectivity index (χ0v) is 16.1. The van der Waals surface area contributed by atoms with Crippen LogP contribution in [0.25, 0.3) is 0 Å². The standard InChI is InChI=1S/C22H28N4O2/c27-21(24-13-8-18-4-2-1-3-5-18)22(28)25-16-19-9-14-26(15-10-19)17-20-6-11-23-12-7-20/h1-7,11-12,19H,8-10,13-17H2,(H,24,27)(H,25,28). The zero-order chi connectivity index (χ0) is 19.6. The molecule has 0 radical (unpaired) electrons. The van der Waals surface area contributed by atoms with Crippen molar-refractivity contribution in [2.75, 3.05) is 26.2 Å².